The molecule has 1 N–H and O–H groups in total. The number of carbonyl (C=O) groups excluding carboxylic acids is 1. The van der Waals surface area contributed by atoms with Gasteiger partial charge in [0, 0.05) is 12.4 Å². The molecule has 1 aromatic carbocycles. The Bertz CT molecular complexity index is 1350. The Kier molecular flexibility index (Phi) is 7.43. The molecule has 3 heterocycles. The van der Waals surface area contributed by atoms with E-state index in [1.165, 1.54) is 36.4 Å². The number of rotatable bonds is 5. The van der Waals surface area contributed by atoms with Crippen molar-refractivity contribution in [3.63, 3.8) is 0 Å². The fourth-order valence-electron chi connectivity index (χ4n) is 3.26. The minimum Gasteiger partial charge on any atom is -0.318 e. The quantitative estimate of drug-likeness (QED) is 0.373. The second kappa shape index (κ2) is 10.0. The van der Waals surface area contributed by atoms with Crippen LogP contribution in [0.1, 0.15) is 40.1 Å². The van der Waals surface area contributed by atoms with Crippen LogP contribution in [0, 0.1) is 0 Å². The van der Waals surface area contributed by atoms with Gasteiger partial charge >= 0.3 is 12.4 Å². The lowest BCUT2D eigenvalue weighted by molar-refractivity contribution is -0.143. The Morgan fingerprint density at radius 3 is 2.42 bits per heavy atom. The molecular formula is C21H17F6N7OS. The van der Waals surface area contributed by atoms with Gasteiger partial charge in [-0.15, -0.1) is 5.10 Å². The van der Waals surface area contributed by atoms with Crippen LogP contribution in [0.25, 0.3) is 5.82 Å². The van der Waals surface area contributed by atoms with Crippen LogP contribution in [0.4, 0.5) is 32.0 Å². The standard InChI is InChI=1S/C21H15F6N7O.H2S/c1-12(15-6-5-13(20(22,23)24)8-16(15)21(25,26)27)33-10-14(9-29-33)30-19(35)17-11-34(32-31-17)18-4-2-3-7-28-18;/h2-12H,1H3,(H,30,35);1H2/t12-;/m0./s1. The summed E-state index contributed by atoms with van der Waals surface area (Å²) in [5, 5.41) is 14.0. The summed E-state index contributed by atoms with van der Waals surface area (Å²) >= 11 is 0. The fraction of sp³-hybridized carbons (Fsp3) is 0.190. The molecule has 4 aromatic rings. The highest BCUT2D eigenvalue weighted by atomic mass is 32.1. The van der Waals surface area contributed by atoms with Gasteiger partial charge in [0.25, 0.3) is 5.91 Å². The minimum atomic E-state index is -5.02. The number of nitrogens with zero attached hydrogens (tertiary/aromatic N) is 6. The Hall–Kier alpha value is -3.88. The van der Waals surface area contributed by atoms with Crippen molar-refractivity contribution < 1.29 is 31.1 Å². The first kappa shape index (κ1) is 26.7. The van der Waals surface area contributed by atoms with Crippen molar-refractivity contribution in [3.8, 4) is 5.82 Å². The van der Waals surface area contributed by atoms with E-state index in [-0.39, 0.29) is 30.9 Å². The van der Waals surface area contributed by atoms with E-state index >= 15 is 0 Å². The zero-order valence-electron chi connectivity index (χ0n) is 18.2. The van der Waals surface area contributed by atoms with Crippen molar-refractivity contribution in [2.75, 3.05) is 5.32 Å². The number of pyridine rings is 1. The zero-order chi connectivity index (χ0) is 25.4. The van der Waals surface area contributed by atoms with Gasteiger partial charge in [-0.05, 0) is 36.8 Å². The number of carbonyl (C=O) groups is 1. The molecule has 0 bridgehead atoms. The van der Waals surface area contributed by atoms with Crippen molar-refractivity contribution in [1.29, 1.82) is 0 Å². The average molecular weight is 529 g/mol. The van der Waals surface area contributed by atoms with E-state index < -0.39 is 41.0 Å². The molecule has 1 atom stereocenters. The molecule has 0 aliphatic heterocycles. The molecule has 0 spiro atoms. The van der Waals surface area contributed by atoms with Crippen molar-refractivity contribution in [2.45, 2.75) is 25.3 Å². The summed E-state index contributed by atoms with van der Waals surface area (Å²) in [6, 6.07) is 5.41. The summed E-state index contributed by atoms with van der Waals surface area (Å²) in [6.45, 7) is 1.34. The summed E-state index contributed by atoms with van der Waals surface area (Å²) in [5.41, 5.74) is -3.17. The summed E-state index contributed by atoms with van der Waals surface area (Å²) in [6.07, 6.45) is -4.63. The SMILES string of the molecule is C[C@@H](c1ccc(C(F)(F)F)cc1C(F)(F)F)n1cc(NC(=O)c2cn(-c3ccccn3)nn2)cn1.S. The summed E-state index contributed by atoms with van der Waals surface area (Å²) in [5.74, 6) is -0.234. The molecule has 1 amide bonds. The normalized spacial score (nSPS) is 12.6. The molecule has 0 radical (unpaired) electrons. The Morgan fingerprint density at radius 2 is 1.78 bits per heavy atom. The molecular weight excluding hydrogens is 512 g/mol. The molecule has 4 rings (SSSR count). The Balaban J connectivity index is 0.00000361. The lowest BCUT2D eigenvalue weighted by Gasteiger charge is -2.20. The molecule has 0 aliphatic carbocycles. The molecule has 0 unspecified atom stereocenters. The van der Waals surface area contributed by atoms with Crippen LogP contribution in [0.2, 0.25) is 0 Å². The number of anilines is 1. The van der Waals surface area contributed by atoms with Gasteiger partial charge in [0.2, 0.25) is 0 Å². The highest BCUT2D eigenvalue weighted by Gasteiger charge is 2.39. The molecule has 15 heteroatoms. The first-order valence-corrected chi connectivity index (χ1v) is 9.91. The predicted molar refractivity (Wildman–Crippen MR) is 120 cm³/mol. The molecule has 3 aromatic heterocycles. The van der Waals surface area contributed by atoms with E-state index in [0.29, 0.717) is 11.9 Å². The van der Waals surface area contributed by atoms with Gasteiger partial charge in [-0.3, -0.25) is 9.48 Å². The van der Waals surface area contributed by atoms with Gasteiger partial charge in [-0.25, -0.2) is 9.67 Å². The highest BCUT2D eigenvalue weighted by molar-refractivity contribution is 7.59. The average Bonchev–Trinajstić information content (AvgIpc) is 3.48. The fourth-order valence-corrected chi connectivity index (χ4v) is 3.26. The lowest BCUT2D eigenvalue weighted by atomic mass is 9.98. The van der Waals surface area contributed by atoms with Crippen LogP contribution in [-0.4, -0.2) is 35.7 Å². The zero-order valence-corrected chi connectivity index (χ0v) is 19.2. The van der Waals surface area contributed by atoms with E-state index in [1.54, 1.807) is 18.2 Å². The molecule has 0 aliphatic rings. The van der Waals surface area contributed by atoms with Crippen LogP contribution >= 0.6 is 13.5 Å². The van der Waals surface area contributed by atoms with Gasteiger partial charge in [-0.2, -0.15) is 44.9 Å². The number of benzene rings is 1. The number of halogens is 6. The first-order chi connectivity index (χ1) is 16.4. The molecule has 36 heavy (non-hydrogen) atoms. The van der Waals surface area contributed by atoms with Gasteiger partial charge in [0.05, 0.1) is 35.2 Å². The number of hydrogen-bond donors (Lipinski definition) is 1. The third-order valence-corrected chi connectivity index (χ3v) is 5.00. The van der Waals surface area contributed by atoms with Crippen LogP contribution in [0.3, 0.4) is 0 Å². The monoisotopic (exact) mass is 529 g/mol. The maximum Gasteiger partial charge on any atom is 0.416 e. The maximum absolute atomic E-state index is 13.5. The van der Waals surface area contributed by atoms with Crippen LogP contribution in [0.5, 0.6) is 0 Å². The predicted octanol–water partition coefficient (Wildman–Crippen LogP) is 4.87. The number of aromatic nitrogens is 6. The Morgan fingerprint density at radius 1 is 1.03 bits per heavy atom. The Labute approximate surface area is 206 Å². The summed E-state index contributed by atoms with van der Waals surface area (Å²) < 4.78 is 81.7. The molecule has 0 saturated carbocycles. The number of nitrogens with one attached hydrogen (secondary N) is 1. The summed E-state index contributed by atoms with van der Waals surface area (Å²) in [7, 11) is 0. The van der Waals surface area contributed by atoms with E-state index in [0.717, 1.165) is 10.7 Å². The second-order valence-electron chi connectivity index (χ2n) is 7.37. The second-order valence-corrected chi connectivity index (χ2v) is 7.37. The topological polar surface area (TPSA) is 90.5 Å². The van der Waals surface area contributed by atoms with Crippen LogP contribution in [-0.2, 0) is 12.4 Å². The summed E-state index contributed by atoms with van der Waals surface area (Å²) in [4.78, 5) is 16.6. The van der Waals surface area contributed by atoms with Gasteiger partial charge in [0.1, 0.15) is 0 Å². The smallest absolute Gasteiger partial charge is 0.318 e. The minimum absolute atomic E-state index is 0. The number of hydrogen-bond acceptors (Lipinski definition) is 5. The van der Waals surface area contributed by atoms with Crippen molar-refractivity contribution in [1.82, 2.24) is 29.8 Å². The third-order valence-electron chi connectivity index (χ3n) is 5.00. The van der Waals surface area contributed by atoms with Gasteiger partial charge in [-0.1, -0.05) is 17.3 Å². The van der Waals surface area contributed by atoms with Crippen molar-refractivity contribution in [2.24, 2.45) is 0 Å². The maximum atomic E-state index is 13.5. The van der Waals surface area contributed by atoms with E-state index in [2.05, 4.69) is 25.7 Å². The lowest BCUT2D eigenvalue weighted by Crippen LogP contribution is -2.17. The van der Waals surface area contributed by atoms with Crippen LogP contribution < -0.4 is 5.32 Å². The largest absolute Gasteiger partial charge is 0.416 e. The van der Waals surface area contributed by atoms with Crippen molar-refractivity contribution >= 4 is 25.1 Å². The van der Waals surface area contributed by atoms with E-state index in [4.69, 9.17) is 0 Å². The first-order valence-electron chi connectivity index (χ1n) is 9.91. The highest BCUT2D eigenvalue weighted by Crippen LogP contribution is 2.39. The van der Waals surface area contributed by atoms with Crippen molar-refractivity contribution in [3.05, 3.63) is 83.6 Å². The molecule has 8 nitrogen and oxygen atoms in total. The number of alkyl halides is 6. The van der Waals surface area contributed by atoms with Crippen LogP contribution in [0.15, 0.2) is 61.2 Å². The van der Waals surface area contributed by atoms with E-state index in [1.807, 2.05) is 0 Å². The molecule has 190 valence electrons. The van der Waals surface area contributed by atoms with E-state index in [9.17, 15) is 31.1 Å². The molecule has 0 saturated heterocycles. The van der Waals surface area contributed by atoms with Gasteiger partial charge in [0.15, 0.2) is 11.5 Å². The molecule has 0 fully saturated rings. The number of amides is 1. The third kappa shape index (κ3) is 5.67. The van der Waals surface area contributed by atoms with Gasteiger partial charge < -0.3 is 5.32 Å².